The lowest BCUT2D eigenvalue weighted by atomic mass is 10.1. The molecule has 1 heterocycles. The lowest BCUT2D eigenvalue weighted by Gasteiger charge is -2.10. The Morgan fingerprint density at radius 1 is 1.22 bits per heavy atom. The first-order valence-electron chi connectivity index (χ1n) is 6.87. The molecule has 0 spiro atoms. The van der Waals surface area contributed by atoms with Crippen molar-refractivity contribution in [3.63, 3.8) is 0 Å². The van der Waals surface area contributed by atoms with Crippen molar-refractivity contribution in [2.45, 2.75) is 6.61 Å². The minimum absolute atomic E-state index is 0.120. The predicted molar refractivity (Wildman–Crippen MR) is 93.7 cm³/mol. The van der Waals surface area contributed by atoms with Crippen LogP contribution in [0.3, 0.4) is 0 Å². The number of amides is 1. The Morgan fingerprint density at radius 2 is 2.00 bits per heavy atom. The number of halogens is 1. The zero-order chi connectivity index (χ0) is 16.2. The number of thioether (sulfide) groups is 1. The molecule has 4 nitrogen and oxygen atoms in total. The first-order chi connectivity index (χ1) is 11.1. The van der Waals surface area contributed by atoms with Crippen molar-refractivity contribution in [2.24, 2.45) is 0 Å². The number of carbonyl (C=O) groups excluding carboxylic acids is 1. The van der Waals surface area contributed by atoms with Gasteiger partial charge in [-0.15, -0.1) is 0 Å². The van der Waals surface area contributed by atoms with E-state index in [2.05, 4.69) is 5.32 Å². The summed E-state index contributed by atoms with van der Waals surface area (Å²) in [5.41, 5.74) is 1.76. The van der Waals surface area contributed by atoms with Gasteiger partial charge in [-0.1, -0.05) is 41.9 Å². The topological polar surface area (TPSA) is 62.2 Å². The van der Waals surface area contributed by atoms with E-state index in [1.807, 2.05) is 30.3 Å². The molecule has 1 saturated heterocycles. The van der Waals surface area contributed by atoms with E-state index in [1.54, 1.807) is 24.3 Å². The van der Waals surface area contributed by atoms with E-state index < -0.39 is 0 Å². The number of hydrogen-bond donors (Lipinski definition) is 2. The highest BCUT2D eigenvalue weighted by molar-refractivity contribution is 8.18. The largest absolute Gasteiger partial charge is 0.488 e. The van der Waals surface area contributed by atoms with Crippen LogP contribution in [0.4, 0.5) is 0 Å². The molecule has 116 valence electrons. The van der Waals surface area contributed by atoms with Gasteiger partial charge in [0.2, 0.25) is 0 Å². The maximum atomic E-state index is 11.7. The lowest BCUT2D eigenvalue weighted by molar-refractivity contribution is -0.115. The van der Waals surface area contributed by atoms with Gasteiger partial charge < -0.3 is 10.1 Å². The fraction of sp³-hybridized carbons (Fsp3) is 0.0588. The molecule has 1 amide bonds. The van der Waals surface area contributed by atoms with Gasteiger partial charge in [0.15, 0.2) is 5.17 Å². The van der Waals surface area contributed by atoms with Gasteiger partial charge in [-0.25, -0.2) is 0 Å². The first-order valence-corrected chi connectivity index (χ1v) is 8.07. The average molecular weight is 345 g/mol. The van der Waals surface area contributed by atoms with Crippen molar-refractivity contribution in [1.29, 1.82) is 5.41 Å². The highest BCUT2D eigenvalue weighted by Gasteiger charge is 2.22. The summed E-state index contributed by atoms with van der Waals surface area (Å²) < 4.78 is 5.85. The summed E-state index contributed by atoms with van der Waals surface area (Å²) in [6.07, 6.45) is 1.69. The highest BCUT2D eigenvalue weighted by atomic mass is 35.5. The van der Waals surface area contributed by atoms with Crippen molar-refractivity contribution in [3.05, 3.63) is 69.6 Å². The van der Waals surface area contributed by atoms with Gasteiger partial charge in [-0.3, -0.25) is 10.2 Å². The van der Waals surface area contributed by atoms with Gasteiger partial charge in [-0.05, 0) is 41.6 Å². The Hall–Kier alpha value is -2.24. The number of nitrogens with one attached hydrogen (secondary N) is 2. The van der Waals surface area contributed by atoms with E-state index in [0.717, 1.165) is 17.3 Å². The van der Waals surface area contributed by atoms with Crippen molar-refractivity contribution in [3.8, 4) is 5.75 Å². The van der Waals surface area contributed by atoms with Gasteiger partial charge in [-0.2, -0.15) is 0 Å². The fourth-order valence-corrected chi connectivity index (χ4v) is 2.96. The normalized spacial score (nSPS) is 15.8. The molecule has 3 rings (SSSR count). The Morgan fingerprint density at radius 3 is 2.70 bits per heavy atom. The molecule has 0 aromatic heterocycles. The van der Waals surface area contributed by atoms with Crippen LogP contribution in [0.2, 0.25) is 5.02 Å². The first kappa shape index (κ1) is 15.6. The minimum Gasteiger partial charge on any atom is -0.488 e. The molecular formula is C17H13ClN2O2S. The van der Waals surface area contributed by atoms with Gasteiger partial charge in [0, 0.05) is 10.6 Å². The lowest BCUT2D eigenvalue weighted by Crippen LogP contribution is -2.18. The Bertz CT molecular complexity index is 790. The molecule has 23 heavy (non-hydrogen) atoms. The van der Waals surface area contributed by atoms with Crippen LogP contribution in [-0.4, -0.2) is 11.1 Å². The molecular weight excluding hydrogens is 332 g/mol. The zero-order valence-corrected chi connectivity index (χ0v) is 13.6. The Labute approximate surface area is 143 Å². The van der Waals surface area contributed by atoms with E-state index in [9.17, 15) is 4.79 Å². The van der Waals surface area contributed by atoms with Gasteiger partial charge in [0.25, 0.3) is 5.91 Å². The van der Waals surface area contributed by atoms with E-state index in [1.165, 1.54) is 0 Å². The van der Waals surface area contributed by atoms with Gasteiger partial charge in [0.1, 0.15) is 12.4 Å². The van der Waals surface area contributed by atoms with Crippen LogP contribution in [-0.2, 0) is 11.4 Å². The molecule has 2 aromatic rings. The van der Waals surface area contributed by atoms with E-state index in [0.29, 0.717) is 27.8 Å². The molecule has 0 saturated carbocycles. The molecule has 0 unspecified atom stereocenters. The number of benzene rings is 2. The fourth-order valence-electron chi connectivity index (χ4n) is 2.08. The quantitative estimate of drug-likeness (QED) is 0.822. The summed E-state index contributed by atoms with van der Waals surface area (Å²) >= 11 is 7.13. The Balaban J connectivity index is 1.85. The van der Waals surface area contributed by atoms with E-state index in [4.69, 9.17) is 21.7 Å². The summed E-state index contributed by atoms with van der Waals surface area (Å²) in [4.78, 5) is 12.2. The molecule has 0 radical (unpaired) electrons. The SMILES string of the molecule is N=C1NC(=O)/C(=C/c2cc(Cl)ccc2OCc2ccccc2)S1. The highest BCUT2D eigenvalue weighted by Crippen LogP contribution is 2.30. The van der Waals surface area contributed by atoms with Gasteiger partial charge >= 0.3 is 0 Å². The maximum absolute atomic E-state index is 11.7. The van der Waals surface area contributed by atoms with Gasteiger partial charge in [0.05, 0.1) is 4.91 Å². The summed E-state index contributed by atoms with van der Waals surface area (Å²) in [6.45, 7) is 0.424. The summed E-state index contributed by atoms with van der Waals surface area (Å²) in [6, 6.07) is 15.1. The number of hydrogen-bond acceptors (Lipinski definition) is 4. The second-order valence-corrected chi connectivity index (χ2v) is 6.34. The second kappa shape index (κ2) is 6.89. The average Bonchev–Trinajstić information content (AvgIpc) is 2.85. The van der Waals surface area contributed by atoms with E-state index >= 15 is 0 Å². The van der Waals surface area contributed by atoms with E-state index in [-0.39, 0.29) is 11.1 Å². The van der Waals surface area contributed by atoms with Crippen LogP contribution >= 0.6 is 23.4 Å². The second-order valence-electron chi connectivity index (χ2n) is 4.85. The van der Waals surface area contributed by atoms with Crippen LogP contribution < -0.4 is 10.1 Å². The third-order valence-electron chi connectivity index (χ3n) is 3.16. The third kappa shape index (κ3) is 3.94. The molecule has 2 N–H and O–H groups in total. The molecule has 6 heteroatoms. The van der Waals surface area contributed by atoms with Crippen LogP contribution in [0.1, 0.15) is 11.1 Å². The monoisotopic (exact) mass is 344 g/mol. The maximum Gasteiger partial charge on any atom is 0.264 e. The molecule has 0 aliphatic carbocycles. The number of rotatable bonds is 4. The molecule has 1 fully saturated rings. The third-order valence-corrected chi connectivity index (χ3v) is 4.22. The summed E-state index contributed by atoms with van der Waals surface area (Å²) in [5, 5.41) is 10.6. The van der Waals surface area contributed by atoms with Crippen molar-refractivity contribution in [2.75, 3.05) is 0 Å². The molecule has 0 atom stereocenters. The number of amidine groups is 1. The summed E-state index contributed by atoms with van der Waals surface area (Å²) in [7, 11) is 0. The predicted octanol–water partition coefficient (Wildman–Crippen LogP) is 4.06. The zero-order valence-electron chi connectivity index (χ0n) is 12.0. The van der Waals surface area contributed by atoms with Crippen LogP contribution in [0.25, 0.3) is 6.08 Å². The van der Waals surface area contributed by atoms with Crippen LogP contribution in [0, 0.1) is 5.41 Å². The van der Waals surface area contributed by atoms with Crippen molar-refractivity contribution >= 4 is 40.5 Å². The smallest absolute Gasteiger partial charge is 0.264 e. The standard InChI is InChI=1S/C17H13ClN2O2S/c18-13-6-7-14(22-10-11-4-2-1-3-5-11)12(8-13)9-15-16(21)20-17(19)23-15/h1-9H,10H2,(H2,19,20,21)/b15-9-. The van der Waals surface area contributed by atoms with Crippen molar-refractivity contribution in [1.82, 2.24) is 5.32 Å². The molecule has 2 aromatic carbocycles. The molecule has 1 aliphatic rings. The number of ether oxygens (including phenoxy) is 1. The molecule has 0 bridgehead atoms. The minimum atomic E-state index is -0.283. The Kier molecular flexibility index (Phi) is 4.69. The molecule has 1 aliphatic heterocycles. The summed E-state index contributed by atoms with van der Waals surface area (Å²) in [5.74, 6) is 0.353. The number of carbonyl (C=O) groups is 1. The van der Waals surface area contributed by atoms with Crippen LogP contribution in [0.5, 0.6) is 5.75 Å². The van der Waals surface area contributed by atoms with Crippen molar-refractivity contribution < 1.29 is 9.53 Å². The van der Waals surface area contributed by atoms with Crippen LogP contribution in [0.15, 0.2) is 53.4 Å².